The number of anilines is 2. The smallest absolute Gasteiger partial charge is 0.418 e. The fraction of sp³-hybridized carbons (Fsp3) is 0.268. The largest absolute Gasteiger partial charge is 0.494 e. The molecule has 6 rings (SSSR count). The molecule has 0 aliphatic carbocycles. The number of carbonyl (C=O) groups excluding carboxylic acids is 2. The van der Waals surface area contributed by atoms with Crippen LogP contribution >= 0.6 is 11.8 Å². The minimum absolute atomic E-state index is 0.0259. The van der Waals surface area contributed by atoms with Gasteiger partial charge in [-0.3, -0.25) is 9.59 Å². The van der Waals surface area contributed by atoms with Crippen molar-refractivity contribution in [1.82, 2.24) is 19.8 Å². The molecular weight excluding hydrogens is 778 g/mol. The summed E-state index contributed by atoms with van der Waals surface area (Å²) in [7, 11) is -4.71. The van der Waals surface area contributed by atoms with Crippen LogP contribution in [0.1, 0.15) is 35.0 Å². The number of benzene rings is 4. The summed E-state index contributed by atoms with van der Waals surface area (Å²) in [5.41, 5.74) is 1.32. The van der Waals surface area contributed by atoms with Gasteiger partial charge in [-0.15, -0.1) is 22.0 Å². The number of amides is 2. The van der Waals surface area contributed by atoms with Crippen molar-refractivity contribution in [3.05, 3.63) is 126 Å². The Morgan fingerprint density at radius 2 is 1.61 bits per heavy atom. The van der Waals surface area contributed by atoms with Gasteiger partial charge in [-0.2, -0.15) is 13.2 Å². The van der Waals surface area contributed by atoms with E-state index in [-0.39, 0.29) is 23.8 Å². The Kier molecular flexibility index (Phi) is 13.4. The summed E-state index contributed by atoms with van der Waals surface area (Å²) < 4.78 is 75.5. The van der Waals surface area contributed by atoms with E-state index in [1.807, 2.05) is 90.7 Å². The van der Waals surface area contributed by atoms with Gasteiger partial charge < -0.3 is 19.9 Å². The number of nitrogens with zero attached hydrogens (tertiary/aromatic N) is 4. The lowest BCUT2D eigenvalue weighted by Crippen LogP contribution is -2.49. The molecule has 57 heavy (non-hydrogen) atoms. The number of hydrogen-bond acceptors (Lipinski definition) is 10. The molecule has 1 aliphatic rings. The van der Waals surface area contributed by atoms with E-state index in [2.05, 4.69) is 15.5 Å². The maximum atomic E-state index is 14.0. The molecule has 11 nitrogen and oxygen atoms in total. The fourth-order valence-corrected chi connectivity index (χ4v) is 8.10. The van der Waals surface area contributed by atoms with Gasteiger partial charge in [-0.25, -0.2) is 13.1 Å². The summed E-state index contributed by atoms with van der Waals surface area (Å²) >= 11 is 1.46. The molecule has 0 spiro atoms. The van der Waals surface area contributed by atoms with E-state index < -0.39 is 32.6 Å². The Hall–Kier alpha value is -5.61. The molecular formula is C41H41F3N6O5S2. The van der Waals surface area contributed by atoms with E-state index in [0.29, 0.717) is 63.3 Å². The number of aryl methyl sites for hydroxylation is 1. The van der Waals surface area contributed by atoms with Crippen molar-refractivity contribution in [3.63, 3.8) is 0 Å². The molecule has 298 valence electrons. The molecule has 0 bridgehead atoms. The third-order valence-electron chi connectivity index (χ3n) is 9.18. The number of piperazine rings is 1. The molecule has 1 saturated heterocycles. The van der Waals surface area contributed by atoms with E-state index >= 15 is 0 Å². The fourth-order valence-electron chi connectivity index (χ4n) is 6.32. The Morgan fingerprint density at radius 3 is 2.33 bits per heavy atom. The zero-order valence-electron chi connectivity index (χ0n) is 31.0. The first-order valence-electron chi connectivity index (χ1n) is 18.3. The number of thioether (sulfide) groups is 1. The molecule has 16 heteroatoms. The Balaban J connectivity index is 1.00. The number of alkyl halides is 3. The molecule has 2 amide bonds. The lowest BCUT2D eigenvalue weighted by Gasteiger charge is -2.35. The standard InChI is InChI=1S/C41H41F3N6O5S2/c1-2-55-31-11-8-10-30(27-31)34-14-7-6-9-29(34)15-20-39(51)50-24-22-49(23-25-50)38-19-18-37(46-47-38)40(52)48-57(53,54)33-16-17-36(35(28-33)41(42,43)44)45-21-26-56-32-12-4-3-5-13-32/h3-14,16-19,27-28,45H,2,15,20-26H2,1H3,(H,48,52). The summed E-state index contributed by atoms with van der Waals surface area (Å²) in [6.45, 7) is 4.50. The number of ether oxygens (including phenoxy) is 1. The highest BCUT2D eigenvalue weighted by Crippen LogP contribution is 2.36. The normalized spacial score (nSPS) is 13.3. The van der Waals surface area contributed by atoms with Crippen molar-refractivity contribution >= 4 is 45.1 Å². The zero-order chi connectivity index (χ0) is 40.4. The van der Waals surface area contributed by atoms with Crippen LogP contribution in [0.25, 0.3) is 11.1 Å². The number of sulfonamides is 1. The van der Waals surface area contributed by atoms with Crippen molar-refractivity contribution in [2.45, 2.75) is 35.7 Å². The first kappa shape index (κ1) is 41.0. The SMILES string of the molecule is CCOc1cccc(-c2ccccc2CCC(=O)N2CCN(c3ccc(C(=O)NS(=O)(=O)c4ccc(NCCSc5ccccc5)c(C(F)(F)F)c4)nn3)CC2)c1. The van der Waals surface area contributed by atoms with Crippen LogP contribution in [0.2, 0.25) is 0 Å². The number of nitrogens with one attached hydrogen (secondary N) is 2. The van der Waals surface area contributed by atoms with E-state index in [9.17, 15) is 31.2 Å². The van der Waals surface area contributed by atoms with Gasteiger partial charge in [0.05, 0.1) is 17.1 Å². The third kappa shape index (κ3) is 10.8. The van der Waals surface area contributed by atoms with E-state index in [4.69, 9.17) is 4.74 Å². The molecule has 0 unspecified atom stereocenters. The second kappa shape index (κ2) is 18.6. The summed E-state index contributed by atoms with van der Waals surface area (Å²) in [6.07, 6.45) is -3.96. The molecule has 0 radical (unpaired) electrons. The van der Waals surface area contributed by atoms with Crippen LogP contribution in [0, 0.1) is 0 Å². The second-order valence-corrected chi connectivity index (χ2v) is 15.8. The van der Waals surface area contributed by atoms with Gasteiger partial charge in [0.1, 0.15) is 5.75 Å². The summed E-state index contributed by atoms with van der Waals surface area (Å²) in [5.74, 6) is 0.552. The summed E-state index contributed by atoms with van der Waals surface area (Å²) in [6, 6.07) is 30.6. The maximum Gasteiger partial charge on any atom is 0.418 e. The van der Waals surface area contributed by atoms with Crippen LogP contribution < -0.4 is 19.7 Å². The quantitative estimate of drug-likeness (QED) is 0.0828. The van der Waals surface area contributed by atoms with Gasteiger partial charge in [0, 0.05) is 55.5 Å². The van der Waals surface area contributed by atoms with Crippen LogP contribution in [0.15, 0.2) is 119 Å². The number of rotatable bonds is 15. The van der Waals surface area contributed by atoms with Crippen molar-refractivity contribution in [3.8, 4) is 16.9 Å². The lowest BCUT2D eigenvalue weighted by molar-refractivity contribution is -0.137. The van der Waals surface area contributed by atoms with Crippen LogP contribution in [0.5, 0.6) is 5.75 Å². The van der Waals surface area contributed by atoms with E-state index in [0.717, 1.165) is 39.5 Å². The average molecular weight is 819 g/mol. The van der Waals surface area contributed by atoms with Gasteiger partial charge in [-0.1, -0.05) is 54.6 Å². The molecule has 2 heterocycles. The van der Waals surface area contributed by atoms with Crippen molar-refractivity contribution in [2.75, 3.05) is 55.3 Å². The van der Waals surface area contributed by atoms with Crippen molar-refractivity contribution < 1.29 is 35.9 Å². The zero-order valence-corrected chi connectivity index (χ0v) is 32.7. The highest BCUT2D eigenvalue weighted by atomic mass is 32.2. The minimum atomic E-state index is -4.87. The molecule has 1 aliphatic heterocycles. The maximum absolute atomic E-state index is 14.0. The highest BCUT2D eigenvalue weighted by molar-refractivity contribution is 7.99. The lowest BCUT2D eigenvalue weighted by atomic mass is 9.96. The van der Waals surface area contributed by atoms with Crippen LogP contribution in [-0.2, 0) is 27.4 Å². The first-order valence-corrected chi connectivity index (χ1v) is 20.8. The molecule has 1 aromatic heterocycles. The average Bonchev–Trinajstić information content (AvgIpc) is 3.22. The first-order chi connectivity index (χ1) is 27.4. The summed E-state index contributed by atoms with van der Waals surface area (Å²) in [5, 5.41) is 10.7. The van der Waals surface area contributed by atoms with Gasteiger partial charge in [-0.05, 0) is 84.6 Å². The molecule has 2 N–H and O–H groups in total. The molecule has 5 aromatic rings. The van der Waals surface area contributed by atoms with Crippen LogP contribution in [-0.4, -0.2) is 80.4 Å². The Bertz CT molecular complexity index is 2270. The third-order valence-corrected chi connectivity index (χ3v) is 11.5. The van der Waals surface area contributed by atoms with Gasteiger partial charge >= 0.3 is 6.18 Å². The Labute approximate surface area is 333 Å². The monoisotopic (exact) mass is 818 g/mol. The number of carbonyl (C=O) groups is 2. The second-order valence-electron chi connectivity index (χ2n) is 13.0. The van der Waals surface area contributed by atoms with Crippen LogP contribution in [0.3, 0.4) is 0 Å². The topological polar surface area (TPSA) is 134 Å². The van der Waals surface area contributed by atoms with E-state index in [1.165, 1.54) is 23.9 Å². The number of hydrogen-bond donors (Lipinski definition) is 2. The molecule has 0 atom stereocenters. The number of halogens is 3. The molecule has 0 saturated carbocycles. The predicted molar refractivity (Wildman–Crippen MR) is 214 cm³/mol. The molecule has 1 fully saturated rings. The van der Waals surface area contributed by atoms with Gasteiger partial charge in [0.25, 0.3) is 15.9 Å². The Morgan fingerprint density at radius 1 is 0.860 bits per heavy atom. The van der Waals surface area contributed by atoms with Crippen molar-refractivity contribution in [1.29, 1.82) is 0 Å². The summed E-state index contributed by atoms with van der Waals surface area (Å²) in [4.78, 5) is 30.0. The predicted octanol–water partition coefficient (Wildman–Crippen LogP) is 7.17. The van der Waals surface area contributed by atoms with Gasteiger partial charge in [0.15, 0.2) is 11.5 Å². The number of aromatic nitrogens is 2. The van der Waals surface area contributed by atoms with Gasteiger partial charge in [0.2, 0.25) is 5.91 Å². The van der Waals surface area contributed by atoms with Crippen LogP contribution in [0.4, 0.5) is 24.7 Å². The minimum Gasteiger partial charge on any atom is -0.494 e. The highest BCUT2D eigenvalue weighted by Gasteiger charge is 2.35. The van der Waals surface area contributed by atoms with Crippen molar-refractivity contribution in [2.24, 2.45) is 0 Å². The molecule has 4 aromatic carbocycles. The van der Waals surface area contributed by atoms with E-state index in [1.54, 1.807) is 9.62 Å².